The fourth-order valence-corrected chi connectivity index (χ4v) is 2.70. The second kappa shape index (κ2) is 8.34. The van der Waals surface area contributed by atoms with Gasteiger partial charge in [0.25, 0.3) is 0 Å². The van der Waals surface area contributed by atoms with E-state index in [1.165, 1.54) is 5.56 Å². The van der Waals surface area contributed by atoms with E-state index >= 15 is 0 Å². The van der Waals surface area contributed by atoms with Gasteiger partial charge in [0.15, 0.2) is 0 Å². The third-order valence-corrected chi connectivity index (χ3v) is 4.48. The lowest BCUT2D eigenvalue weighted by Crippen LogP contribution is -2.34. The molecule has 0 unspecified atom stereocenters. The lowest BCUT2D eigenvalue weighted by atomic mass is 10.1. The summed E-state index contributed by atoms with van der Waals surface area (Å²) in [5.41, 5.74) is 3.21. The molecule has 0 aliphatic rings. The molecule has 0 saturated carbocycles. The maximum Gasteiger partial charge on any atom is 0.234 e. The van der Waals surface area contributed by atoms with E-state index in [2.05, 4.69) is 5.32 Å². The number of hydrogen-bond donors (Lipinski definition) is 1. The molecular formula is C18H20Cl2N2O. The summed E-state index contributed by atoms with van der Waals surface area (Å²) in [7, 11) is 1.88. The van der Waals surface area contributed by atoms with Crippen molar-refractivity contribution in [1.29, 1.82) is 0 Å². The molecule has 2 rings (SSSR count). The van der Waals surface area contributed by atoms with Crippen molar-refractivity contribution in [1.82, 2.24) is 10.2 Å². The normalized spacial score (nSPS) is 10.8. The van der Waals surface area contributed by atoms with E-state index in [0.717, 1.165) is 11.1 Å². The average molecular weight is 351 g/mol. The average Bonchev–Trinajstić information content (AvgIpc) is 2.51. The van der Waals surface area contributed by atoms with Crippen LogP contribution in [0.1, 0.15) is 16.7 Å². The van der Waals surface area contributed by atoms with E-state index in [4.69, 9.17) is 23.2 Å². The van der Waals surface area contributed by atoms with Gasteiger partial charge in [-0.25, -0.2) is 0 Å². The molecule has 1 amide bonds. The molecule has 23 heavy (non-hydrogen) atoms. The predicted octanol–water partition coefficient (Wildman–Crippen LogP) is 4.05. The zero-order valence-corrected chi connectivity index (χ0v) is 14.8. The van der Waals surface area contributed by atoms with Crippen LogP contribution in [-0.2, 0) is 17.9 Å². The summed E-state index contributed by atoms with van der Waals surface area (Å²) in [5.74, 6) is -0.0195. The van der Waals surface area contributed by atoms with Crippen molar-refractivity contribution >= 4 is 29.1 Å². The molecule has 0 aliphatic heterocycles. The van der Waals surface area contributed by atoms with Crippen LogP contribution >= 0.6 is 23.2 Å². The fourth-order valence-electron chi connectivity index (χ4n) is 2.32. The summed E-state index contributed by atoms with van der Waals surface area (Å²) in [6.07, 6.45) is 0. The molecule has 0 radical (unpaired) electrons. The zero-order valence-electron chi connectivity index (χ0n) is 13.3. The SMILES string of the molecule is Cc1ccccc1CNC(=O)CN(C)Cc1cccc(Cl)c1Cl. The number of nitrogens with zero attached hydrogens (tertiary/aromatic N) is 1. The maximum atomic E-state index is 12.1. The Balaban J connectivity index is 1.85. The van der Waals surface area contributed by atoms with Crippen LogP contribution in [0.5, 0.6) is 0 Å². The smallest absolute Gasteiger partial charge is 0.234 e. The van der Waals surface area contributed by atoms with E-state index in [-0.39, 0.29) is 5.91 Å². The van der Waals surface area contributed by atoms with E-state index in [9.17, 15) is 4.79 Å². The molecule has 2 aromatic carbocycles. The third kappa shape index (κ3) is 5.24. The number of rotatable bonds is 6. The standard InChI is InChI=1S/C18H20Cl2N2O/c1-13-6-3-4-7-14(13)10-21-17(23)12-22(2)11-15-8-5-9-16(19)18(15)20/h3-9H,10-12H2,1-2H3,(H,21,23). The number of aryl methyl sites for hydroxylation is 1. The summed E-state index contributed by atoms with van der Waals surface area (Å²) in [5, 5.41) is 4.01. The summed E-state index contributed by atoms with van der Waals surface area (Å²) in [6.45, 7) is 3.44. The van der Waals surface area contributed by atoms with Crippen LogP contribution < -0.4 is 5.32 Å². The van der Waals surface area contributed by atoms with Gasteiger partial charge < -0.3 is 5.32 Å². The summed E-state index contributed by atoms with van der Waals surface area (Å²) < 4.78 is 0. The quantitative estimate of drug-likeness (QED) is 0.852. The first kappa shape index (κ1) is 17.8. The molecule has 0 fully saturated rings. The minimum Gasteiger partial charge on any atom is -0.351 e. The largest absolute Gasteiger partial charge is 0.351 e. The zero-order chi connectivity index (χ0) is 16.8. The van der Waals surface area contributed by atoms with Crippen LogP contribution in [-0.4, -0.2) is 24.4 Å². The lowest BCUT2D eigenvalue weighted by Gasteiger charge is -2.17. The molecule has 0 heterocycles. The molecule has 5 heteroatoms. The number of amides is 1. The molecule has 0 atom stereocenters. The maximum absolute atomic E-state index is 12.1. The monoisotopic (exact) mass is 350 g/mol. The number of carbonyl (C=O) groups excluding carboxylic acids is 1. The molecule has 0 saturated heterocycles. The van der Waals surface area contributed by atoms with E-state index < -0.39 is 0 Å². The van der Waals surface area contributed by atoms with Crippen LogP contribution in [0.3, 0.4) is 0 Å². The van der Waals surface area contributed by atoms with E-state index in [1.807, 2.05) is 55.3 Å². The minimum atomic E-state index is -0.0195. The van der Waals surface area contributed by atoms with Crippen molar-refractivity contribution in [3.05, 3.63) is 69.2 Å². The van der Waals surface area contributed by atoms with Gasteiger partial charge in [-0.2, -0.15) is 0 Å². The Morgan fingerprint density at radius 2 is 1.78 bits per heavy atom. The molecule has 0 aromatic heterocycles. The van der Waals surface area contributed by atoms with Gasteiger partial charge in [0, 0.05) is 13.1 Å². The van der Waals surface area contributed by atoms with Crippen molar-refractivity contribution in [3.63, 3.8) is 0 Å². The summed E-state index contributed by atoms with van der Waals surface area (Å²) in [4.78, 5) is 14.0. The van der Waals surface area contributed by atoms with E-state index in [0.29, 0.717) is 29.7 Å². The number of carbonyl (C=O) groups is 1. The van der Waals surface area contributed by atoms with Crippen LogP contribution in [0.25, 0.3) is 0 Å². The molecular weight excluding hydrogens is 331 g/mol. The van der Waals surface area contributed by atoms with Crippen molar-refractivity contribution in [2.75, 3.05) is 13.6 Å². The first-order valence-electron chi connectivity index (χ1n) is 7.40. The van der Waals surface area contributed by atoms with Crippen LogP contribution in [0.2, 0.25) is 10.0 Å². The highest BCUT2D eigenvalue weighted by molar-refractivity contribution is 6.42. The van der Waals surface area contributed by atoms with Gasteiger partial charge in [-0.3, -0.25) is 9.69 Å². The second-order valence-electron chi connectivity index (χ2n) is 5.59. The van der Waals surface area contributed by atoms with Crippen LogP contribution in [0.4, 0.5) is 0 Å². The van der Waals surface area contributed by atoms with E-state index in [1.54, 1.807) is 6.07 Å². The minimum absolute atomic E-state index is 0.0195. The van der Waals surface area contributed by atoms with Gasteiger partial charge in [-0.15, -0.1) is 0 Å². The van der Waals surface area contributed by atoms with Crippen molar-refractivity contribution < 1.29 is 4.79 Å². The van der Waals surface area contributed by atoms with Crippen molar-refractivity contribution in [3.8, 4) is 0 Å². The molecule has 122 valence electrons. The molecule has 0 aliphatic carbocycles. The molecule has 1 N–H and O–H groups in total. The highest BCUT2D eigenvalue weighted by atomic mass is 35.5. The fraction of sp³-hybridized carbons (Fsp3) is 0.278. The topological polar surface area (TPSA) is 32.3 Å². The first-order chi connectivity index (χ1) is 11.0. The summed E-state index contributed by atoms with van der Waals surface area (Å²) >= 11 is 12.2. The number of benzene rings is 2. The van der Waals surface area contributed by atoms with Gasteiger partial charge in [-0.05, 0) is 36.7 Å². The first-order valence-corrected chi connectivity index (χ1v) is 8.15. The molecule has 0 spiro atoms. The van der Waals surface area contributed by atoms with Crippen LogP contribution in [0, 0.1) is 6.92 Å². The summed E-state index contributed by atoms with van der Waals surface area (Å²) in [6, 6.07) is 13.5. The number of hydrogen-bond acceptors (Lipinski definition) is 2. The van der Waals surface area contributed by atoms with Gasteiger partial charge in [0.1, 0.15) is 0 Å². The number of nitrogens with one attached hydrogen (secondary N) is 1. The number of halogens is 2. The van der Waals surface area contributed by atoms with Gasteiger partial charge in [-0.1, -0.05) is 59.6 Å². The molecule has 3 nitrogen and oxygen atoms in total. The highest BCUT2D eigenvalue weighted by Crippen LogP contribution is 2.26. The Labute approximate surface area is 147 Å². The van der Waals surface area contributed by atoms with Gasteiger partial charge >= 0.3 is 0 Å². The Hall–Kier alpha value is -1.55. The third-order valence-electron chi connectivity index (χ3n) is 3.62. The van der Waals surface area contributed by atoms with Crippen LogP contribution in [0.15, 0.2) is 42.5 Å². The Morgan fingerprint density at radius 1 is 1.09 bits per heavy atom. The molecule has 2 aromatic rings. The van der Waals surface area contributed by atoms with Crippen molar-refractivity contribution in [2.24, 2.45) is 0 Å². The molecule has 0 bridgehead atoms. The van der Waals surface area contributed by atoms with Crippen molar-refractivity contribution in [2.45, 2.75) is 20.0 Å². The van der Waals surface area contributed by atoms with Gasteiger partial charge in [0.05, 0.1) is 16.6 Å². The Kier molecular flexibility index (Phi) is 6.46. The van der Waals surface area contributed by atoms with Gasteiger partial charge in [0.2, 0.25) is 5.91 Å². The lowest BCUT2D eigenvalue weighted by molar-refractivity contribution is -0.122. The Bertz CT molecular complexity index is 688. The second-order valence-corrected chi connectivity index (χ2v) is 6.37. The number of likely N-dealkylation sites (N-methyl/N-ethyl adjacent to an activating group) is 1. The predicted molar refractivity (Wildman–Crippen MR) is 95.8 cm³/mol. The highest BCUT2D eigenvalue weighted by Gasteiger charge is 2.10. The Morgan fingerprint density at radius 3 is 2.52 bits per heavy atom.